The second kappa shape index (κ2) is 12.1. The van der Waals surface area contributed by atoms with Crippen LogP contribution in [0.4, 0.5) is 16.0 Å². The molecule has 1 aliphatic rings. The van der Waals surface area contributed by atoms with Crippen molar-refractivity contribution in [2.45, 2.75) is 45.3 Å². The number of piperidine rings is 1. The molecule has 5 aromatic rings. The first-order chi connectivity index (χ1) is 20.9. The monoisotopic (exact) mass is 580 g/mol. The van der Waals surface area contributed by atoms with E-state index in [2.05, 4.69) is 41.5 Å². The number of nitrogens with one attached hydrogen (secondary N) is 3. The van der Waals surface area contributed by atoms with Crippen molar-refractivity contribution < 1.29 is 13.9 Å². The van der Waals surface area contributed by atoms with Crippen molar-refractivity contribution in [3.05, 3.63) is 84.5 Å². The molecule has 0 aliphatic carbocycles. The first kappa shape index (κ1) is 28.2. The van der Waals surface area contributed by atoms with E-state index >= 15 is 0 Å². The molecule has 220 valence electrons. The van der Waals surface area contributed by atoms with Crippen molar-refractivity contribution in [1.29, 1.82) is 0 Å². The predicted molar refractivity (Wildman–Crippen MR) is 165 cm³/mol. The first-order valence-corrected chi connectivity index (χ1v) is 14.4. The second-order valence-electron chi connectivity index (χ2n) is 10.9. The highest BCUT2D eigenvalue weighted by Crippen LogP contribution is 2.31. The Bertz CT molecular complexity index is 1810. The van der Waals surface area contributed by atoms with Crippen molar-refractivity contribution in [3.8, 4) is 17.3 Å². The molecule has 1 fully saturated rings. The number of ether oxygens (including phenoxy) is 1. The zero-order chi connectivity index (χ0) is 29.9. The van der Waals surface area contributed by atoms with E-state index in [9.17, 15) is 9.18 Å². The van der Waals surface area contributed by atoms with Gasteiger partial charge in [-0.15, -0.1) is 0 Å². The van der Waals surface area contributed by atoms with Gasteiger partial charge in [-0.05, 0) is 54.5 Å². The lowest BCUT2D eigenvalue weighted by Gasteiger charge is -2.23. The average Bonchev–Trinajstić information content (AvgIpc) is 3.45. The number of carbonyl (C=O) groups excluding carboxylic acids is 1. The molecule has 0 saturated carbocycles. The Hall–Kier alpha value is -4.90. The summed E-state index contributed by atoms with van der Waals surface area (Å²) in [6, 6.07) is 15.6. The number of carbonyl (C=O) groups is 1. The van der Waals surface area contributed by atoms with Gasteiger partial charge in [0.05, 0.1) is 11.9 Å². The molecule has 3 aromatic heterocycles. The summed E-state index contributed by atoms with van der Waals surface area (Å²) in [6.07, 6.45) is 5.56. The molecule has 3 N–H and O–H groups in total. The molecule has 0 unspecified atom stereocenters. The van der Waals surface area contributed by atoms with Gasteiger partial charge in [0.25, 0.3) is 5.91 Å². The summed E-state index contributed by atoms with van der Waals surface area (Å²) < 4.78 is 21.2. The molecule has 11 heteroatoms. The molecule has 0 spiro atoms. The highest BCUT2D eigenvalue weighted by Gasteiger charge is 2.20. The molecule has 2 aromatic carbocycles. The highest BCUT2D eigenvalue weighted by molar-refractivity contribution is 6.04. The number of aromatic nitrogens is 5. The van der Waals surface area contributed by atoms with E-state index in [1.54, 1.807) is 22.8 Å². The largest absolute Gasteiger partial charge is 0.459 e. The zero-order valence-electron chi connectivity index (χ0n) is 24.1. The Morgan fingerprint density at radius 3 is 2.86 bits per heavy atom. The Balaban J connectivity index is 1.32. The SMILES string of the molecule is C=C(F)C(=O)Nc1ccc2c(-c3ccccc3CNc3nc(O[C@@H]4CCCNC4)nc4c(C(C)C)cnn34)nccc2c1. The van der Waals surface area contributed by atoms with Crippen LogP contribution < -0.4 is 20.7 Å². The topological polar surface area (TPSA) is 118 Å². The third kappa shape index (κ3) is 6.02. The summed E-state index contributed by atoms with van der Waals surface area (Å²) in [5, 5.41) is 15.7. The summed E-state index contributed by atoms with van der Waals surface area (Å²) in [5.41, 5.74) is 4.92. The van der Waals surface area contributed by atoms with Crippen LogP contribution in [0.15, 0.2) is 73.3 Å². The fourth-order valence-electron chi connectivity index (χ4n) is 5.27. The number of fused-ring (bicyclic) bond motifs is 2. The zero-order valence-corrected chi connectivity index (χ0v) is 24.1. The van der Waals surface area contributed by atoms with Gasteiger partial charge in [0.1, 0.15) is 6.10 Å². The van der Waals surface area contributed by atoms with Crippen LogP contribution in [0.25, 0.3) is 27.7 Å². The lowest BCUT2D eigenvalue weighted by atomic mass is 9.99. The molecule has 4 heterocycles. The molecular formula is C32H33FN8O2. The lowest BCUT2D eigenvalue weighted by Crippen LogP contribution is -2.37. The van der Waals surface area contributed by atoms with Crippen LogP contribution in [0.3, 0.4) is 0 Å². The molecule has 1 amide bonds. The third-order valence-electron chi connectivity index (χ3n) is 7.50. The van der Waals surface area contributed by atoms with Crippen LogP contribution in [0.5, 0.6) is 6.01 Å². The van der Waals surface area contributed by atoms with Gasteiger partial charge >= 0.3 is 6.01 Å². The molecule has 6 rings (SSSR count). The minimum atomic E-state index is -1.04. The van der Waals surface area contributed by atoms with Crippen LogP contribution in [0.2, 0.25) is 0 Å². The van der Waals surface area contributed by atoms with Crippen LogP contribution in [-0.4, -0.2) is 49.7 Å². The number of anilines is 2. The molecule has 10 nitrogen and oxygen atoms in total. The van der Waals surface area contributed by atoms with Crippen molar-refractivity contribution >= 4 is 34.0 Å². The number of halogens is 1. The molecule has 1 saturated heterocycles. The number of hydrogen-bond donors (Lipinski definition) is 3. The van der Waals surface area contributed by atoms with Gasteiger partial charge in [-0.25, -0.2) is 4.39 Å². The maximum absolute atomic E-state index is 13.2. The molecule has 0 bridgehead atoms. The summed E-state index contributed by atoms with van der Waals surface area (Å²) in [7, 11) is 0. The Kier molecular flexibility index (Phi) is 7.97. The fourth-order valence-corrected chi connectivity index (χ4v) is 5.27. The summed E-state index contributed by atoms with van der Waals surface area (Å²) >= 11 is 0. The van der Waals surface area contributed by atoms with Gasteiger partial charge in [-0.2, -0.15) is 19.6 Å². The maximum atomic E-state index is 13.2. The van der Waals surface area contributed by atoms with Gasteiger partial charge in [-0.3, -0.25) is 9.78 Å². The van der Waals surface area contributed by atoms with E-state index in [1.165, 1.54) is 0 Å². The van der Waals surface area contributed by atoms with Crippen LogP contribution in [0, 0.1) is 0 Å². The number of rotatable bonds is 9. The standard InChI is InChI=1S/C32H33FN8O2/c1-19(2)27-18-37-41-29(27)39-32(43-24-8-6-13-34-17-24)40-31(41)36-16-22-7-4-5-9-25(22)28-26-11-10-23(38-30(42)20(3)33)15-21(26)12-14-35-28/h4-5,7,9-12,14-15,18-19,24,34H,3,6,8,13,16-17H2,1-2H3,(H,38,42)(H,36,39,40)/t24-/m1/s1. The average molecular weight is 581 g/mol. The molecular weight excluding hydrogens is 547 g/mol. The Morgan fingerprint density at radius 1 is 1.21 bits per heavy atom. The van der Waals surface area contributed by atoms with E-state index in [0.717, 1.165) is 64.7 Å². The van der Waals surface area contributed by atoms with Gasteiger partial charge in [0.2, 0.25) is 5.95 Å². The number of pyridine rings is 1. The van der Waals surface area contributed by atoms with E-state index in [0.29, 0.717) is 24.2 Å². The van der Waals surface area contributed by atoms with Crippen LogP contribution >= 0.6 is 0 Å². The van der Waals surface area contributed by atoms with Crippen molar-refractivity contribution in [1.82, 2.24) is 29.9 Å². The summed E-state index contributed by atoms with van der Waals surface area (Å²) in [4.78, 5) is 25.9. The van der Waals surface area contributed by atoms with Crippen molar-refractivity contribution in [2.24, 2.45) is 0 Å². The Morgan fingerprint density at radius 2 is 2.07 bits per heavy atom. The van der Waals surface area contributed by atoms with Gasteiger partial charge in [0, 0.05) is 41.5 Å². The number of hydrogen-bond acceptors (Lipinski definition) is 8. The van der Waals surface area contributed by atoms with Crippen molar-refractivity contribution in [3.63, 3.8) is 0 Å². The van der Waals surface area contributed by atoms with E-state index in [4.69, 9.17) is 19.7 Å². The predicted octanol–water partition coefficient (Wildman–Crippen LogP) is 5.63. The summed E-state index contributed by atoms with van der Waals surface area (Å²) in [5.74, 6) is -1.15. The normalized spacial score (nSPS) is 15.1. The number of nitrogens with zero attached hydrogens (tertiary/aromatic N) is 5. The minimum absolute atomic E-state index is 0.0114. The smallest absolute Gasteiger partial charge is 0.322 e. The highest BCUT2D eigenvalue weighted by atomic mass is 19.1. The minimum Gasteiger partial charge on any atom is -0.459 e. The van der Waals surface area contributed by atoms with Crippen LogP contribution in [-0.2, 0) is 11.3 Å². The third-order valence-corrected chi connectivity index (χ3v) is 7.50. The van der Waals surface area contributed by atoms with E-state index in [-0.39, 0.29) is 12.0 Å². The summed E-state index contributed by atoms with van der Waals surface area (Å²) in [6.45, 7) is 9.47. The molecule has 1 aliphatic heterocycles. The molecule has 1 atom stereocenters. The van der Waals surface area contributed by atoms with Crippen LogP contribution in [0.1, 0.15) is 43.7 Å². The fraction of sp³-hybridized carbons (Fsp3) is 0.281. The van der Waals surface area contributed by atoms with Gasteiger partial charge < -0.3 is 20.7 Å². The Labute approximate surface area is 248 Å². The van der Waals surface area contributed by atoms with Gasteiger partial charge in [-0.1, -0.05) is 50.8 Å². The van der Waals surface area contributed by atoms with Crippen molar-refractivity contribution in [2.75, 3.05) is 23.7 Å². The van der Waals surface area contributed by atoms with E-state index < -0.39 is 11.7 Å². The van der Waals surface area contributed by atoms with E-state index in [1.807, 2.05) is 42.6 Å². The number of amides is 1. The molecule has 43 heavy (non-hydrogen) atoms. The molecule has 0 radical (unpaired) electrons. The quantitative estimate of drug-likeness (QED) is 0.192. The number of benzene rings is 2. The first-order valence-electron chi connectivity index (χ1n) is 14.4. The lowest BCUT2D eigenvalue weighted by molar-refractivity contribution is -0.114. The maximum Gasteiger partial charge on any atom is 0.322 e. The van der Waals surface area contributed by atoms with Gasteiger partial charge in [0.15, 0.2) is 11.5 Å². The second-order valence-corrected chi connectivity index (χ2v) is 10.9.